The lowest BCUT2D eigenvalue weighted by Crippen LogP contribution is -2.17. The SMILES string of the molecule is CNC(c1ccc(OC)c(OC)c1)c1ccoc1Cl. The van der Waals surface area contributed by atoms with Crippen LogP contribution in [0.5, 0.6) is 11.5 Å². The van der Waals surface area contributed by atoms with Gasteiger partial charge in [0.25, 0.3) is 0 Å². The van der Waals surface area contributed by atoms with Gasteiger partial charge in [0.2, 0.25) is 0 Å². The minimum absolute atomic E-state index is 0.0638. The highest BCUT2D eigenvalue weighted by molar-refractivity contribution is 6.29. The second-order valence-electron chi connectivity index (χ2n) is 3.99. The Bertz CT molecular complexity index is 553. The highest BCUT2D eigenvalue weighted by Gasteiger charge is 2.19. The quantitative estimate of drug-likeness (QED) is 0.914. The van der Waals surface area contributed by atoms with E-state index in [9.17, 15) is 0 Å². The first-order valence-corrected chi connectivity index (χ1v) is 6.21. The summed E-state index contributed by atoms with van der Waals surface area (Å²) in [5.41, 5.74) is 1.90. The fourth-order valence-corrected chi connectivity index (χ4v) is 2.27. The fraction of sp³-hybridized carbons (Fsp3) is 0.286. The third-order valence-corrected chi connectivity index (χ3v) is 3.29. The molecule has 0 aliphatic heterocycles. The van der Waals surface area contributed by atoms with E-state index in [2.05, 4.69) is 5.32 Å². The highest BCUT2D eigenvalue weighted by Crippen LogP contribution is 2.34. The molecule has 1 atom stereocenters. The zero-order valence-electron chi connectivity index (χ0n) is 11.1. The predicted molar refractivity (Wildman–Crippen MR) is 74.2 cm³/mol. The lowest BCUT2D eigenvalue weighted by molar-refractivity contribution is 0.354. The van der Waals surface area contributed by atoms with E-state index in [4.69, 9.17) is 25.5 Å². The second-order valence-corrected chi connectivity index (χ2v) is 4.33. The van der Waals surface area contributed by atoms with E-state index >= 15 is 0 Å². The number of hydrogen-bond acceptors (Lipinski definition) is 4. The molecule has 0 saturated heterocycles. The van der Waals surface area contributed by atoms with Crippen LogP contribution in [0.25, 0.3) is 0 Å². The van der Waals surface area contributed by atoms with Crippen molar-refractivity contribution in [1.82, 2.24) is 5.32 Å². The normalized spacial score (nSPS) is 12.2. The van der Waals surface area contributed by atoms with Crippen LogP contribution in [0.3, 0.4) is 0 Å². The van der Waals surface area contributed by atoms with E-state index in [1.807, 2.05) is 31.3 Å². The summed E-state index contributed by atoms with van der Waals surface area (Å²) in [6, 6.07) is 7.54. The lowest BCUT2D eigenvalue weighted by Gasteiger charge is -2.17. The number of benzene rings is 1. The smallest absolute Gasteiger partial charge is 0.198 e. The first-order chi connectivity index (χ1) is 9.21. The molecule has 2 rings (SSSR count). The van der Waals surface area contributed by atoms with E-state index in [0.717, 1.165) is 11.1 Å². The van der Waals surface area contributed by atoms with Gasteiger partial charge in [0.15, 0.2) is 16.7 Å². The minimum atomic E-state index is -0.0638. The number of methoxy groups -OCH3 is 2. The van der Waals surface area contributed by atoms with Gasteiger partial charge >= 0.3 is 0 Å². The summed E-state index contributed by atoms with van der Waals surface area (Å²) >= 11 is 6.03. The lowest BCUT2D eigenvalue weighted by atomic mass is 10.0. The van der Waals surface area contributed by atoms with Crippen molar-refractivity contribution < 1.29 is 13.9 Å². The molecule has 0 spiro atoms. The molecule has 0 bridgehead atoms. The zero-order valence-corrected chi connectivity index (χ0v) is 11.8. The van der Waals surface area contributed by atoms with E-state index < -0.39 is 0 Å². The van der Waals surface area contributed by atoms with Crippen LogP contribution in [-0.4, -0.2) is 21.3 Å². The molecule has 1 aromatic heterocycles. The Morgan fingerprint density at radius 1 is 1.16 bits per heavy atom. The topological polar surface area (TPSA) is 43.6 Å². The molecular weight excluding hydrogens is 266 g/mol. The number of furan rings is 1. The van der Waals surface area contributed by atoms with Crippen LogP contribution in [0.2, 0.25) is 5.22 Å². The maximum absolute atomic E-state index is 6.03. The van der Waals surface area contributed by atoms with Crippen molar-refractivity contribution in [3.05, 3.63) is 46.9 Å². The van der Waals surface area contributed by atoms with Gasteiger partial charge in [-0.15, -0.1) is 0 Å². The fourth-order valence-electron chi connectivity index (χ4n) is 2.04. The third-order valence-electron chi connectivity index (χ3n) is 2.99. The first-order valence-electron chi connectivity index (χ1n) is 5.83. The van der Waals surface area contributed by atoms with Gasteiger partial charge in [-0.2, -0.15) is 0 Å². The van der Waals surface area contributed by atoms with Crippen LogP contribution in [0, 0.1) is 0 Å². The van der Waals surface area contributed by atoms with Crippen LogP contribution < -0.4 is 14.8 Å². The van der Waals surface area contributed by atoms with Crippen LogP contribution >= 0.6 is 11.6 Å². The van der Waals surface area contributed by atoms with Gasteiger partial charge in [0, 0.05) is 5.56 Å². The molecule has 0 radical (unpaired) electrons. The Morgan fingerprint density at radius 3 is 2.42 bits per heavy atom. The molecule has 1 N–H and O–H groups in total. The summed E-state index contributed by atoms with van der Waals surface area (Å²) in [5.74, 6) is 1.37. The first kappa shape index (κ1) is 13.8. The highest BCUT2D eigenvalue weighted by atomic mass is 35.5. The Balaban J connectivity index is 2.42. The van der Waals surface area contributed by atoms with Crippen LogP contribution in [0.1, 0.15) is 17.2 Å². The Morgan fingerprint density at radius 2 is 1.89 bits per heavy atom. The molecule has 2 aromatic rings. The molecule has 1 heterocycles. The molecule has 1 aromatic carbocycles. The number of hydrogen-bond donors (Lipinski definition) is 1. The molecule has 102 valence electrons. The summed E-state index contributed by atoms with van der Waals surface area (Å²) in [4.78, 5) is 0. The largest absolute Gasteiger partial charge is 0.493 e. The molecule has 0 fully saturated rings. The van der Waals surface area contributed by atoms with Crippen molar-refractivity contribution >= 4 is 11.6 Å². The van der Waals surface area contributed by atoms with Gasteiger partial charge in [0.05, 0.1) is 26.5 Å². The molecule has 5 heteroatoms. The number of nitrogens with one attached hydrogen (secondary N) is 1. The molecule has 0 saturated carbocycles. The van der Waals surface area contributed by atoms with Crippen LogP contribution in [0.4, 0.5) is 0 Å². The van der Waals surface area contributed by atoms with E-state index in [0.29, 0.717) is 16.7 Å². The number of halogens is 1. The molecule has 0 aliphatic rings. The average Bonchev–Trinajstić information content (AvgIpc) is 2.86. The Kier molecular flexibility index (Phi) is 4.35. The van der Waals surface area contributed by atoms with E-state index in [1.54, 1.807) is 20.5 Å². The Labute approximate surface area is 117 Å². The molecule has 0 aliphatic carbocycles. The monoisotopic (exact) mass is 281 g/mol. The summed E-state index contributed by atoms with van der Waals surface area (Å²) in [6.07, 6.45) is 1.57. The summed E-state index contributed by atoms with van der Waals surface area (Å²) in [5, 5.41) is 3.59. The second kappa shape index (κ2) is 5.99. The van der Waals surface area contributed by atoms with Gasteiger partial charge in [-0.25, -0.2) is 0 Å². The van der Waals surface area contributed by atoms with Gasteiger partial charge in [-0.05, 0) is 42.4 Å². The van der Waals surface area contributed by atoms with Crippen molar-refractivity contribution in [2.45, 2.75) is 6.04 Å². The van der Waals surface area contributed by atoms with E-state index in [-0.39, 0.29) is 6.04 Å². The molecule has 0 amide bonds. The maximum Gasteiger partial charge on any atom is 0.198 e. The average molecular weight is 282 g/mol. The van der Waals surface area contributed by atoms with Gasteiger partial charge in [0.1, 0.15) is 0 Å². The number of rotatable bonds is 5. The molecular formula is C14H16ClNO3. The Hall–Kier alpha value is -1.65. The molecule has 1 unspecified atom stereocenters. The van der Waals surface area contributed by atoms with Crippen molar-refractivity contribution in [2.24, 2.45) is 0 Å². The predicted octanol–water partition coefficient (Wildman–Crippen LogP) is 3.26. The summed E-state index contributed by atoms with van der Waals surface area (Å²) < 4.78 is 15.7. The van der Waals surface area contributed by atoms with E-state index in [1.165, 1.54) is 0 Å². The molecule has 19 heavy (non-hydrogen) atoms. The van der Waals surface area contributed by atoms with Crippen LogP contribution in [0.15, 0.2) is 34.9 Å². The van der Waals surface area contributed by atoms with Crippen LogP contribution in [-0.2, 0) is 0 Å². The van der Waals surface area contributed by atoms with Crippen molar-refractivity contribution in [1.29, 1.82) is 0 Å². The van der Waals surface area contributed by atoms with Crippen molar-refractivity contribution in [2.75, 3.05) is 21.3 Å². The van der Waals surface area contributed by atoms with Crippen molar-refractivity contribution in [3.63, 3.8) is 0 Å². The van der Waals surface area contributed by atoms with Crippen molar-refractivity contribution in [3.8, 4) is 11.5 Å². The standard InChI is InChI=1S/C14H16ClNO3/c1-16-13(10-6-7-19-14(10)15)9-4-5-11(17-2)12(8-9)18-3/h4-8,13,16H,1-3H3. The van der Waals surface area contributed by atoms with Gasteiger partial charge in [-0.3, -0.25) is 0 Å². The summed E-state index contributed by atoms with van der Waals surface area (Å²) in [7, 11) is 5.09. The minimum Gasteiger partial charge on any atom is -0.493 e. The van der Waals surface area contributed by atoms with Gasteiger partial charge in [-0.1, -0.05) is 6.07 Å². The molecule has 4 nitrogen and oxygen atoms in total. The summed E-state index contributed by atoms with van der Waals surface area (Å²) in [6.45, 7) is 0. The number of ether oxygens (including phenoxy) is 2. The van der Waals surface area contributed by atoms with Gasteiger partial charge < -0.3 is 19.2 Å². The maximum atomic E-state index is 6.03. The zero-order chi connectivity index (χ0) is 13.8. The third kappa shape index (κ3) is 2.69.